The van der Waals surface area contributed by atoms with E-state index in [-0.39, 0.29) is 0 Å². The molecule has 1 aromatic heterocycles. The first kappa shape index (κ1) is 12.9. The molecule has 2 fully saturated rings. The zero-order valence-electron chi connectivity index (χ0n) is 11.4. The minimum atomic E-state index is 0.623. The summed E-state index contributed by atoms with van der Waals surface area (Å²) >= 11 is 0. The smallest absolute Gasteiger partial charge is 0.0594 e. The number of anilines is 1. The maximum Gasteiger partial charge on any atom is 0.0594 e. The van der Waals surface area contributed by atoms with Crippen molar-refractivity contribution in [3.05, 3.63) is 24.0 Å². The Morgan fingerprint density at radius 1 is 1.11 bits per heavy atom. The van der Waals surface area contributed by atoms with Crippen molar-refractivity contribution >= 4 is 5.69 Å². The van der Waals surface area contributed by atoms with Crippen LogP contribution in [-0.2, 0) is 4.74 Å². The van der Waals surface area contributed by atoms with E-state index in [0.29, 0.717) is 5.92 Å². The van der Waals surface area contributed by atoms with Crippen LogP contribution in [0, 0.1) is 0 Å². The Bertz CT molecular complexity index is 392. The fourth-order valence-electron chi connectivity index (χ4n) is 3.34. The quantitative estimate of drug-likeness (QED) is 0.885. The second-order valence-electron chi connectivity index (χ2n) is 5.67. The van der Waals surface area contributed by atoms with Gasteiger partial charge >= 0.3 is 0 Å². The second kappa shape index (κ2) is 5.88. The van der Waals surface area contributed by atoms with Gasteiger partial charge in [-0.1, -0.05) is 0 Å². The highest BCUT2D eigenvalue weighted by Crippen LogP contribution is 2.34. The van der Waals surface area contributed by atoms with Crippen LogP contribution in [0.1, 0.15) is 37.3 Å². The van der Waals surface area contributed by atoms with Gasteiger partial charge in [0.15, 0.2) is 0 Å². The predicted octanol–water partition coefficient (Wildman–Crippen LogP) is 2.02. The van der Waals surface area contributed by atoms with Crippen LogP contribution in [0.5, 0.6) is 0 Å². The average Bonchev–Trinajstić information content (AvgIpc) is 2.49. The van der Waals surface area contributed by atoms with Crippen LogP contribution >= 0.6 is 0 Å². The maximum atomic E-state index is 5.69. The van der Waals surface area contributed by atoms with Gasteiger partial charge in [-0.2, -0.15) is 0 Å². The van der Waals surface area contributed by atoms with Gasteiger partial charge in [0.2, 0.25) is 0 Å². The minimum absolute atomic E-state index is 0.623. The van der Waals surface area contributed by atoms with Gasteiger partial charge in [-0.15, -0.1) is 0 Å². The summed E-state index contributed by atoms with van der Waals surface area (Å²) in [5.74, 6) is 0.623. The molecule has 1 aliphatic carbocycles. The average molecular weight is 261 g/mol. The van der Waals surface area contributed by atoms with Crippen molar-refractivity contribution in [2.45, 2.75) is 37.6 Å². The summed E-state index contributed by atoms with van der Waals surface area (Å²) in [7, 11) is 0. The van der Waals surface area contributed by atoms with Gasteiger partial charge in [-0.05, 0) is 37.8 Å². The third-order valence-electron chi connectivity index (χ3n) is 4.49. The van der Waals surface area contributed by atoms with E-state index in [0.717, 1.165) is 38.0 Å². The first-order chi connectivity index (χ1) is 9.33. The third-order valence-corrected chi connectivity index (χ3v) is 4.49. The molecule has 4 nitrogen and oxygen atoms in total. The van der Waals surface area contributed by atoms with Crippen LogP contribution in [0.4, 0.5) is 5.69 Å². The number of ether oxygens (including phenoxy) is 1. The highest BCUT2D eigenvalue weighted by Gasteiger charge is 2.27. The summed E-state index contributed by atoms with van der Waals surface area (Å²) in [6, 6.07) is 4.82. The molecule has 3 rings (SSSR count). The molecule has 19 heavy (non-hydrogen) atoms. The number of morpholine rings is 1. The summed E-state index contributed by atoms with van der Waals surface area (Å²) < 4.78 is 5.43. The molecule has 0 aromatic carbocycles. The Balaban J connectivity index is 1.55. The summed E-state index contributed by atoms with van der Waals surface area (Å²) in [5.41, 5.74) is 7.67. The van der Waals surface area contributed by atoms with Crippen LogP contribution in [0.25, 0.3) is 0 Å². The van der Waals surface area contributed by atoms with E-state index < -0.39 is 0 Å². The normalized spacial score (nSPS) is 29.3. The minimum Gasteiger partial charge on any atom is -0.397 e. The monoisotopic (exact) mass is 261 g/mol. The number of aromatic nitrogens is 1. The van der Waals surface area contributed by atoms with E-state index >= 15 is 0 Å². The van der Waals surface area contributed by atoms with Crippen LogP contribution in [0.3, 0.4) is 0 Å². The Morgan fingerprint density at radius 2 is 1.84 bits per heavy atom. The van der Waals surface area contributed by atoms with E-state index in [2.05, 4.69) is 16.0 Å². The molecule has 2 heterocycles. The Morgan fingerprint density at radius 3 is 2.47 bits per heavy atom. The molecule has 0 atom stereocenters. The van der Waals surface area contributed by atoms with E-state index in [4.69, 9.17) is 10.5 Å². The molecule has 1 aromatic rings. The van der Waals surface area contributed by atoms with Crippen molar-refractivity contribution in [3.8, 4) is 0 Å². The standard InChI is InChI=1S/C15H23N3O/c16-13-3-6-15(17-11-13)12-1-4-14(5-2-12)18-7-9-19-10-8-18/h3,6,11-12,14H,1-2,4-5,7-10,16H2/t12-,14-. The van der Waals surface area contributed by atoms with E-state index in [9.17, 15) is 0 Å². The van der Waals surface area contributed by atoms with E-state index in [1.807, 2.05) is 6.07 Å². The number of nitrogen functional groups attached to an aromatic ring is 1. The molecule has 1 saturated heterocycles. The molecule has 1 saturated carbocycles. The predicted molar refractivity (Wildman–Crippen MR) is 76.0 cm³/mol. The molecular weight excluding hydrogens is 238 g/mol. The van der Waals surface area contributed by atoms with E-state index in [1.165, 1.54) is 31.4 Å². The number of nitrogens with two attached hydrogens (primary N) is 1. The first-order valence-corrected chi connectivity index (χ1v) is 7.36. The van der Waals surface area contributed by atoms with Gasteiger partial charge in [0.1, 0.15) is 0 Å². The van der Waals surface area contributed by atoms with Crippen molar-refractivity contribution in [2.75, 3.05) is 32.0 Å². The molecule has 2 N–H and O–H groups in total. The lowest BCUT2D eigenvalue weighted by atomic mass is 9.83. The van der Waals surface area contributed by atoms with Crippen molar-refractivity contribution in [1.29, 1.82) is 0 Å². The Kier molecular flexibility index (Phi) is 3.99. The molecule has 0 spiro atoms. The van der Waals surface area contributed by atoms with Gasteiger partial charge in [-0.25, -0.2) is 0 Å². The summed E-state index contributed by atoms with van der Waals surface area (Å²) in [4.78, 5) is 7.09. The summed E-state index contributed by atoms with van der Waals surface area (Å²) in [6.07, 6.45) is 6.86. The Labute approximate surface area is 115 Å². The van der Waals surface area contributed by atoms with Crippen LogP contribution in [0.15, 0.2) is 18.3 Å². The van der Waals surface area contributed by atoms with Crippen molar-refractivity contribution in [1.82, 2.24) is 9.88 Å². The lowest BCUT2D eigenvalue weighted by Gasteiger charge is -2.38. The molecule has 0 unspecified atom stereocenters. The van der Waals surface area contributed by atoms with Gasteiger partial charge < -0.3 is 10.5 Å². The zero-order chi connectivity index (χ0) is 13.1. The molecule has 4 heteroatoms. The molecule has 0 amide bonds. The fourth-order valence-corrected chi connectivity index (χ4v) is 3.34. The molecule has 0 bridgehead atoms. The van der Waals surface area contributed by atoms with Crippen LogP contribution in [0.2, 0.25) is 0 Å². The number of nitrogens with zero attached hydrogens (tertiary/aromatic N) is 2. The first-order valence-electron chi connectivity index (χ1n) is 7.36. The zero-order valence-corrected chi connectivity index (χ0v) is 11.4. The SMILES string of the molecule is Nc1ccc([C@H]2CC[C@H](N3CCOCC3)CC2)nc1. The van der Waals surface area contributed by atoms with E-state index in [1.54, 1.807) is 6.20 Å². The molecule has 1 aliphatic heterocycles. The number of pyridine rings is 1. The molecule has 104 valence electrons. The second-order valence-corrected chi connectivity index (χ2v) is 5.67. The van der Waals surface area contributed by atoms with Gasteiger partial charge in [0.05, 0.1) is 25.1 Å². The highest BCUT2D eigenvalue weighted by atomic mass is 16.5. The van der Waals surface area contributed by atoms with Gasteiger partial charge in [-0.3, -0.25) is 9.88 Å². The highest BCUT2D eigenvalue weighted by molar-refractivity contribution is 5.35. The van der Waals surface area contributed by atoms with Crippen molar-refractivity contribution < 1.29 is 4.74 Å². The van der Waals surface area contributed by atoms with Crippen LogP contribution in [-0.4, -0.2) is 42.2 Å². The van der Waals surface area contributed by atoms with Crippen molar-refractivity contribution in [3.63, 3.8) is 0 Å². The van der Waals surface area contributed by atoms with Crippen molar-refractivity contribution in [2.24, 2.45) is 0 Å². The summed E-state index contributed by atoms with van der Waals surface area (Å²) in [6.45, 7) is 4.02. The molecule has 0 radical (unpaired) electrons. The topological polar surface area (TPSA) is 51.4 Å². The van der Waals surface area contributed by atoms with Crippen LogP contribution < -0.4 is 5.73 Å². The lowest BCUT2D eigenvalue weighted by molar-refractivity contribution is 0.00721. The maximum absolute atomic E-state index is 5.69. The largest absolute Gasteiger partial charge is 0.397 e. The number of hydrogen-bond donors (Lipinski definition) is 1. The van der Waals surface area contributed by atoms with Gasteiger partial charge in [0.25, 0.3) is 0 Å². The number of hydrogen-bond acceptors (Lipinski definition) is 4. The molecule has 2 aliphatic rings. The molecular formula is C15H23N3O. The summed E-state index contributed by atoms with van der Waals surface area (Å²) in [5, 5.41) is 0. The number of rotatable bonds is 2. The fraction of sp³-hybridized carbons (Fsp3) is 0.667. The lowest BCUT2D eigenvalue weighted by Crippen LogP contribution is -2.44. The third kappa shape index (κ3) is 3.07. The Hall–Kier alpha value is -1.13. The van der Waals surface area contributed by atoms with Gasteiger partial charge in [0, 0.05) is 30.7 Å².